The maximum atomic E-state index is 11.5. The number of carbonyl (C=O) groups is 1. The highest BCUT2D eigenvalue weighted by atomic mass is 35.5. The average Bonchev–Trinajstić information content (AvgIpc) is 3.00. The first-order chi connectivity index (χ1) is 10.1. The van der Waals surface area contributed by atoms with E-state index in [0.29, 0.717) is 21.5 Å². The lowest BCUT2D eigenvalue weighted by atomic mass is 10.3. The molecule has 0 fully saturated rings. The molecular formula is C14H11Cl2NO3S. The van der Waals surface area contributed by atoms with Gasteiger partial charge in [-0.25, -0.2) is 4.79 Å². The molecule has 0 aliphatic rings. The molecule has 110 valence electrons. The molecule has 0 saturated heterocycles. The number of benzene rings is 1. The van der Waals surface area contributed by atoms with Gasteiger partial charge >= 0.3 is 5.97 Å². The van der Waals surface area contributed by atoms with Gasteiger partial charge in [-0.15, -0.1) is 11.3 Å². The van der Waals surface area contributed by atoms with Crippen molar-refractivity contribution in [1.82, 2.24) is 0 Å². The lowest BCUT2D eigenvalue weighted by molar-refractivity contribution is -0.146. The van der Waals surface area contributed by atoms with Crippen molar-refractivity contribution in [1.29, 1.82) is 0 Å². The van der Waals surface area contributed by atoms with E-state index in [0.717, 1.165) is 4.88 Å². The van der Waals surface area contributed by atoms with Crippen molar-refractivity contribution in [3.05, 3.63) is 50.6 Å². The molecule has 2 aromatic rings. The van der Waals surface area contributed by atoms with Gasteiger partial charge < -0.3 is 9.57 Å². The summed E-state index contributed by atoms with van der Waals surface area (Å²) in [5.74, 6) is -0.169. The van der Waals surface area contributed by atoms with Crippen LogP contribution in [0.15, 0.2) is 40.9 Å². The van der Waals surface area contributed by atoms with Gasteiger partial charge in [0, 0.05) is 6.07 Å². The van der Waals surface area contributed by atoms with Gasteiger partial charge in [0.2, 0.25) is 0 Å². The van der Waals surface area contributed by atoms with Crippen molar-refractivity contribution in [2.45, 2.75) is 6.92 Å². The molecule has 0 radical (unpaired) electrons. The lowest BCUT2D eigenvalue weighted by Gasteiger charge is -2.05. The van der Waals surface area contributed by atoms with Crippen LogP contribution in [0.1, 0.15) is 11.8 Å². The number of ether oxygens (including phenoxy) is 1. The second kappa shape index (κ2) is 7.45. The Labute approximate surface area is 135 Å². The van der Waals surface area contributed by atoms with Gasteiger partial charge in [-0.2, -0.15) is 0 Å². The fraction of sp³-hybridized carbons (Fsp3) is 0.143. The Morgan fingerprint density at radius 3 is 2.76 bits per heavy atom. The Hall–Kier alpha value is -1.56. The molecule has 1 aromatic carbocycles. The first-order valence-corrected chi connectivity index (χ1v) is 7.56. The van der Waals surface area contributed by atoms with E-state index in [1.807, 2.05) is 17.5 Å². The Bertz CT molecular complexity index is 656. The molecule has 0 aliphatic carbocycles. The van der Waals surface area contributed by atoms with E-state index >= 15 is 0 Å². The van der Waals surface area contributed by atoms with Crippen LogP contribution >= 0.6 is 34.5 Å². The van der Waals surface area contributed by atoms with E-state index in [9.17, 15) is 4.79 Å². The number of carbonyl (C=O) groups excluding carboxylic acids is 1. The van der Waals surface area contributed by atoms with E-state index < -0.39 is 5.97 Å². The highest BCUT2D eigenvalue weighted by Crippen LogP contribution is 2.26. The SMILES string of the molecule is CC(=NOC(=O)COc1ccc(Cl)c(Cl)c1)c1cccs1. The van der Waals surface area contributed by atoms with Crippen LogP contribution in [-0.4, -0.2) is 18.3 Å². The van der Waals surface area contributed by atoms with Crippen molar-refractivity contribution < 1.29 is 14.4 Å². The molecule has 4 nitrogen and oxygen atoms in total. The Morgan fingerprint density at radius 1 is 1.29 bits per heavy atom. The number of rotatable bonds is 5. The van der Waals surface area contributed by atoms with E-state index in [2.05, 4.69) is 5.16 Å². The number of oxime groups is 1. The van der Waals surface area contributed by atoms with Crippen LogP contribution in [0.3, 0.4) is 0 Å². The molecule has 0 N–H and O–H groups in total. The molecule has 21 heavy (non-hydrogen) atoms. The second-order valence-corrected chi connectivity index (χ2v) is 5.74. The number of hydrogen-bond donors (Lipinski definition) is 0. The third-order valence-corrected chi connectivity index (χ3v) is 4.13. The van der Waals surface area contributed by atoms with Crippen LogP contribution in [0, 0.1) is 0 Å². The topological polar surface area (TPSA) is 47.9 Å². The van der Waals surface area contributed by atoms with Crippen LogP contribution in [0.5, 0.6) is 5.75 Å². The summed E-state index contributed by atoms with van der Waals surface area (Å²) in [6, 6.07) is 8.51. The maximum Gasteiger partial charge on any atom is 0.372 e. The second-order valence-electron chi connectivity index (χ2n) is 3.98. The van der Waals surface area contributed by atoms with Gasteiger partial charge in [0.1, 0.15) is 5.75 Å². The molecule has 0 bridgehead atoms. The minimum absolute atomic E-state index is 0.265. The number of nitrogens with zero attached hydrogens (tertiary/aromatic N) is 1. The zero-order chi connectivity index (χ0) is 15.2. The predicted molar refractivity (Wildman–Crippen MR) is 84.6 cm³/mol. The average molecular weight is 344 g/mol. The summed E-state index contributed by atoms with van der Waals surface area (Å²) >= 11 is 13.1. The van der Waals surface area contributed by atoms with E-state index in [4.69, 9.17) is 32.8 Å². The smallest absolute Gasteiger partial charge is 0.372 e. The van der Waals surface area contributed by atoms with Crippen LogP contribution in [0.25, 0.3) is 0 Å². The standard InChI is InChI=1S/C14H11Cl2NO3S/c1-9(13-3-2-6-21-13)17-20-14(18)8-19-10-4-5-11(15)12(16)7-10/h2-7H,8H2,1H3. The fourth-order valence-corrected chi connectivity index (χ4v) is 2.34. The van der Waals surface area contributed by atoms with Crippen molar-refractivity contribution in [2.75, 3.05) is 6.61 Å². The first kappa shape index (κ1) is 15.8. The Morgan fingerprint density at radius 2 is 2.10 bits per heavy atom. The molecule has 7 heteroatoms. The monoisotopic (exact) mass is 343 g/mol. The van der Waals surface area contributed by atoms with Crippen LogP contribution in [0.4, 0.5) is 0 Å². The third kappa shape index (κ3) is 4.74. The highest BCUT2D eigenvalue weighted by Gasteiger charge is 2.07. The number of halogens is 2. The van der Waals surface area contributed by atoms with Crippen molar-refractivity contribution >= 4 is 46.2 Å². The van der Waals surface area contributed by atoms with Gasteiger partial charge in [0.15, 0.2) is 6.61 Å². The molecule has 0 atom stereocenters. The van der Waals surface area contributed by atoms with Gasteiger partial charge in [0.25, 0.3) is 0 Å². The van der Waals surface area contributed by atoms with Gasteiger partial charge in [0.05, 0.1) is 20.6 Å². The lowest BCUT2D eigenvalue weighted by Crippen LogP contribution is -2.13. The summed E-state index contributed by atoms with van der Waals surface area (Å²) < 4.78 is 5.24. The summed E-state index contributed by atoms with van der Waals surface area (Å²) in [7, 11) is 0. The van der Waals surface area contributed by atoms with Crippen LogP contribution < -0.4 is 4.74 Å². The van der Waals surface area contributed by atoms with Crippen molar-refractivity contribution in [3.63, 3.8) is 0 Å². The number of hydrogen-bond acceptors (Lipinski definition) is 5. The number of thiophene rings is 1. The largest absolute Gasteiger partial charge is 0.482 e. The third-order valence-electron chi connectivity index (χ3n) is 2.41. The van der Waals surface area contributed by atoms with Crippen molar-refractivity contribution in [2.24, 2.45) is 5.16 Å². The molecule has 0 saturated carbocycles. The predicted octanol–water partition coefficient (Wildman–Crippen LogP) is 4.40. The summed E-state index contributed by atoms with van der Waals surface area (Å²) in [5.41, 5.74) is 0.632. The molecule has 2 rings (SSSR count). The minimum atomic E-state index is -0.600. The van der Waals surface area contributed by atoms with E-state index in [1.165, 1.54) is 17.4 Å². The van der Waals surface area contributed by atoms with Crippen LogP contribution in [0.2, 0.25) is 10.0 Å². The minimum Gasteiger partial charge on any atom is -0.482 e. The first-order valence-electron chi connectivity index (χ1n) is 5.92. The molecule has 1 aromatic heterocycles. The summed E-state index contributed by atoms with van der Waals surface area (Å²) in [5, 5.41) is 6.46. The van der Waals surface area contributed by atoms with E-state index in [1.54, 1.807) is 19.1 Å². The zero-order valence-corrected chi connectivity index (χ0v) is 13.3. The molecule has 1 heterocycles. The van der Waals surface area contributed by atoms with Crippen molar-refractivity contribution in [3.8, 4) is 5.75 Å². The summed E-state index contributed by atoms with van der Waals surface area (Å²) in [6.45, 7) is 1.50. The normalized spacial score (nSPS) is 11.3. The van der Waals surface area contributed by atoms with Gasteiger partial charge in [-0.3, -0.25) is 0 Å². The molecule has 0 spiro atoms. The molecule has 0 unspecified atom stereocenters. The fourth-order valence-electron chi connectivity index (χ4n) is 1.38. The Balaban J connectivity index is 1.85. The Kier molecular flexibility index (Phi) is 5.61. The zero-order valence-electron chi connectivity index (χ0n) is 11.0. The molecule has 0 amide bonds. The summed E-state index contributed by atoms with van der Waals surface area (Å²) in [6.07, 6.45) is 0. The van der Waals surface area contributed by atoms with E-state index in [-0.39, 0.29) is 6.61 Å². The quantitative estimate of drug-likeness (QED) is 0.459. The van der Waals surface area contributed by atoms with Crippen LogP contribution in [-0.2, 0) is 9.63 Å². The maximum absolute atomic E-state index is 11.5. The van der Waals surface area contributed by atoms with Gasteiger partial charge in [-0.1, -0.05) is 34.4 Å². The highest BCUT2D eigenvalue weighted by molar-refractivity contribution is 7.12. The molecular weight excluding hydrogens is 333 g/mol. The van der Waals surface area contributed by atoms with Gasteiger partial charge in [-0.05, 0) is 30.5 Å². The molecule has 0 aliphatic heterocycles. The summed E-state index contributed by atoms with van der Waals surface area (Å²) in [4.78, 5) is 17.2.